The molecule has 0 fully saturated rings. The molecule has 5 nitrogen and oxygen atoms in total. The minimum Gasteiger partial charge on any atom is -0.314 e. The second-order valence-corrected chi connectivity index (χ2v) is 8.05. The van der Waals surface area contributed by atoms with Gasteiger partial charge in [-0.1, -0.05) is 44.2 Å². The van der Waals surface area contributed by atoms with Crippen molar-refractivity contribution in [2.24, 2.45) is 16.0 Å². The maximum absolute atomic E-state index is 13.7. The summed E-state index contributed by atoms with van der Waals surface area (Å²) >= 11 is 0. The lowest BCUT2D eigenvalue weighted by Crippen LogP contribution is -2.54. The first-order valence-corrected chi connectivity index (χ1v) is 10.1. The van der Waals surface area contributed by atoms with Crippen molar-refractivity contribution in [3.63, 3.8) is 0 Å². The first kappa shape index (κ1) is 23.4. The molecule has 4 rings (SSSR count). The number of alkyl halides is 6. The van der Waals surface area contributed by atoms with Gasteiger partial charge in [-0.2, -0.15) is 36.7 Å². The Hall–Kier alpha value is -3.81. The summed E-state index contributed by atoms with van der Waals surface area (Å²) in [5.41, 5.74) is -4.64. The van der Waals surface area contributed by atoms with Gasteiger partial charge in [-0.25, -0.2) is 10.0 Å². The lowest BCUT2D eigenvalue weighted by atomic mass is 9.71. The van der Waals surface area contributed by atoms with E-state index in [4.69, 9.17) is 0 Å². The van der Waals surface area contributed by atoms with E-state index < -0.39 is 34.9 Å². The highest BCUT2D eigenvalue weighted by Crippen LogP contribution is 2.50. The molecule has 0 radical (unpaired) electrons. The summed E-state index contributed by atoms with van der Waals surface area (Å²) in [7, 11) is 0. The van der Waals surface area contributed by atoms with Crippen molar-refractivity contribution in [3.8, 4) is 6.07 Å². The van der Waals surface area contributed by atoms with E-state index >= 15 is 0 Å². The molecular formula is C23H17F6N5. The van der Waals surface area contributed by atoms with Gasteiger partial charge in [-0.05, 0) is 29.7 Å². The van der Waals surface area contributed by atoms with Gasteiger partial charge >= 0.3 is 12.4 Å². The Balaban J connectivity index is 2.13. The molecule has 0 amide bonds. The molecule has 0 saturated carbocycles. The molecule has 0 bridgehead atoms. The van der Waals surface area contributed by atoms with Crippen LogP contribution in [0.25, 0.3) is 5.70 Å². The number of benzene rings is 2. The van der Waals surface area contributed by atoms with E-state index in [2.05, 4.69) is 15.4 Å². The lowest BCUT2D eigenvalue weighted by molar-refractivity contribution is -0.143. The minimum absolute atomic E-state index is 0.0642. The highest BCUT2D eigenvalue weighted by molar-refractivity contribution is 6.00. The summed E-state index contributed by atoms with van der Waals surface area (Å²) in [6.45, 7) is 3.20. The standard InChI is InChI=1S/C23H17F6N5/c1-13(2)21(15-8-16(22(24,25)26)10-17(9-15)23(27,28)29)18(11-30)19(14-6-4-3-5-7-14)33-20-31-12-32-34(20)21/h3-10,12-13H,1-2H3,(H,31,32,33). The molecule has 1 unspecified atom stereocenters. The SMILES string of the molecule is CC(C)C1(c2cc(C(F)(F)F)cc(C(F)(F)F)c2)C(C#N)=C(c2ccccc2)N=C2NC=NN21. The smallest absolute Gasteiger partial charge is 0.314 e. The quantitative estimate of drug-likeness (QED) is 0.575. The van der Waals surface area contributed by atoms with Crippen molar-refractivity contribution in [2.75, 3.05) is 0 Å². The van der Waals surface area contributed by atoms with E-state index in [1.807, 2.05) is 6.07 Å². The highest BCUT2D eigenvalue weighted by atomic mass is 19.4. The van der Waals surface area contributed by atoms with Gasteiger partial charge in [0.15, 0.2) is 0 Å². The first-order valence-electron chi connectivity index (χ1n) is 10.1. The van der Waals surface area contributed by atoms with Crippen LogP contribution in [0.15, 0.2) is 64.2 Å². The van der Waals surface area contributed by atoms with E-state index in [0.29, 0.717) is 17.7 Å². The van der Waals surface area contributed by atoms with E-state index in [1.165, 1.54) is 11.3 Å². The molecule has 34 heavy (non-hydrogen) atoms. The van der Waals surface area contributed by atoms with Crippen LogP contribution in [0, 0.1) is 17.2 Å². The highest BCUT2D eigenvalue weighted by Gasteiger charge is 2.53. The second-order valence-electron chi connectivity index (χ2n) is 8.05. The molecular weight excluding hydrogens is 460 g/mol. The monoisotopic (exact) mass is 477 g/mol. The fraction of sp³-hybridized carbons (Fsp3) is 0.261. The zero-order valence-electron chi connectivity index (χ0n) is 17.8. The van der Waals surface area contributed by atoms with Crippen molar-refractivity contribution >= 4 is 18.0 Å². The summed E-state index contributed by atoms with van der Waals surface area (Å²) < 4.78 is 82.2. The van der Waals surface area contributed by atoms with Crippen LogP contribution < -0.4 is 5.32 Å². The summed E-state index contributed by atoms with van der Waals surface area (Å²) in [4.78, 5) is 4.43. The van der Waals surface area contributed by atoms with Crippen LogP contribution in [0.5, 0.6) is 0 Å². The van der Waals surface area contributed by atoms with Gasteiger partial charge < -0.3 is 5.32 Å². The molecule has 2 aliphatic heterocycles. The fourth-order valence-corrected chi connectivity index (χ4v) is 4.30. The van der Waals surface area contributed by atoms with Gasteiger partial charge in [0.2, 0.25) is 5.96 Å². The van der Waals surface area contributed by atoms with E-state index in [-0.39, 0.29) is 28.9 Å². The largest absolute Gasteiger partial charge is 0.416 e. The Kier molecular flexibility index (Phi) is 5.43. The molecule has 0 aromatic heterocycles. The predicted molar refractivity (Wildman–Crippen MR) is 113 cm³/mol. The van der Waals surface area contributed by atoms with Gasteiger partial charge in [0.1, 0.15) is 11.9 Å². The summed E-state index contributed by atoms with van der Waals surface area (Å²) in [5.74, 6) is -0.620. The number of halogens is 6. The van der Waals surface area contributed by atoms with Crippen LogP contribution in [-0.2, 0) is 17.9 Å². The maximum atomic E-state index is 13.7. The Morgan fingerprint density at radius 3 is 2.06 bits per heavy atom. The predicted octanol–water partition coefficient (Wildman–Crippen LogP) is 5.73. The number of guanidine groups is 1. The average molecular weight is 477 g/mol. The number of hydrogen-bond acceptors (Lipinski definition) is 5. The third kappa shape index (κ3) is 3.59. The van der Waals surface area contributed by atoms with Gasteiger partial charge in [-0.3, -0.25) is 0 Å². The number of nitrogens with zero attached hydrogens (tertiary/aromatic N) is 4. The van der Waals surface area contributed by atoms with E-state index in [0.717, 1.165) is 0 Å². The Morgan fingerprint density at radius 2 is 1.56 bits per heavy atom. The van der Waals surface area contributed by atoms with Crippen LogP contribution >= 0.6 is 0 Å². The molecule has 2 aromatic rings. The van der Waals surface area contributed by atoms with Gasteiger partial charge in [0.05, 0.1) is 28.5 Å². The number of nitriles is 1. The molecule has 0 spiro atoms. The zero-order chi connectivity index (χ0) is 24.9. The Labute approximate surface area is 190 Å². The van der Waals surface area contributed by atoms with E-state index in [9.17, 15) is 31.6 Å². The fourth-order valence-electron chi connectivity index (χ4n) is 4.30. The Morgan fingerprint density at radius 1 is 0.971 bits per heavy atom. The van der Waals surface area contributed by atoms with Crippen molar-refractivity contribution < 1.29 is 26.3 Å². The Bertz CT molecular complexity index is 1220. The third-order valence-electron chi connectivity index (χ3n) is 5.76. The first-order chi connectivity index (χ1) is 15.9. The number of hydrazone groups is 1. The summed E-state index contributed by atoms with van der Waals surface area (Å²) in [5, 5.41) is 18.3. The summed E-state index contributed by atoms with van der Waals surface area (Å²) in [6.07, 6.45) is -8.88. The van der Waals surface area contributed by atoms with Crippen molar-refractivity contribution in [3.05, 3.63) is 76.4 Å². The molecule has 176 valence electrons. The van der Waals surface area contributed by atoms with Gasteiger partial charge in [0.25, 0.3) is 0 Å². The molecule has 1 N–H and O–H groups in total. The van der Waals surface area contributed by atoms with Crippen molar-refractivity contribution in [1.82, 2.24) is 10.3 Å². The third-order valence-corrected chi connectivity index (χ3v) is 5.76. The number of hydrogen-bond donors (Lipinski definition) is 1. The van der Waals surface area contributed by atoms with Crippen LogP contribution in [-0.4, -0.2) is 17.3 Å². The van der Waals surface area contributed by atoms with Gasteiger partial charge in [-0.15, -0.1) is 0 Å². The number of nitrogens with one attached hydrogen (secondary N) is 1. The lowest BCUT2D eigenvalue weighted by Gasteiger charge is -2.46. The van der Waals surface area contributed by atoms with Crippen LogP contribution in [0.2, 0.25) is 0 Å². The molecule has 1 atom stereocenters. The number of aliphatic imine (C=N–C) groups is 1. The average Bonchev–Trinajstić information content (AvgIpc) is 3.25. The van der Waals surface area contributed by atoms with Crippen LogP contribution in [0.3, 0.4) is 0 Å². The molecule has 0 saturated heterocycles. The molecule has 2 aromatic carbocycles. The number of rotatable bonds is 3. The molecule has 11 heteroatoms. The second kappa shape index (κ2) is 7.90. The van der Waals surface area contributed by atoms with Crippen molar-refractivity contribution in [2.45, 2.75) is 31.7 Å². The number of fused-ring (bicyclic) bond motifs is 1. The molecule has 0 aliphatic carbocycles. The normalized spacial score (nSPS) is 20.2. The van der Waals surface area contributed by atoms with Crippen molar-refractivity contribution in [1.29, 1.82) is 5.26 Å². The molecule has 2 heterocycles. The van der Waals surface area contributed by atoms with Gasteiger partial charge in [0, 0.05) is 5.56 Å². The van der Waals surface area contributed by atoms with Crippen LogP contribution in [0.4, 0.5) is 26.3 Å². The minimum atomic E-state index is -5.05. The van der Waals surface area contributed by atoms with E-state index in [1.54, 1.807) is 44.2 Å². The zero-order valence-corrected chi connectivity index (χ0v) is 17.8. The van der Waals surface area contributed by atoms with Crippen LogP contribution in [0.1, 0.15) is 36.1 Å². The topological polar surface area (TPSA) is 63.8 Å². The maximum Gasteiger partial charge on any atom is 0.416 e. The summed E-state index contributed by atoms with van der Waals surface area (Å²) in [6, 6.07) is 11.8. The molecule has 2 aliphatic rings.